The predicted molar refractivity (Wildman–Crippen MR) is 114 cm³/mol. The molecule has 14 nitrogen and oxygen atoms in total. The molecule has 0 saturated heterocycles. The highest BCUT2D eigenvalue weighted by Gasteiger charge is 2.26. The average Bonchev–Trinajstić information content (AvgIpc) is 3.41. The lowest BCUT2D eigenvalue weighted by molar-refractivity contribution is -0.152. The van der Waals surface area contributed by atoms with Crippen LogP contribution in [0.5, 0.6) is 0 Å². The van der Waals surface area contributed by atoms with E-state index < -0.39 is 24.3 Å². The maximum atomic E-state index is 11.7. The van der Waals surface area contributed by atoms with Gasteiger partial charge in [0, 0.05) is 32.0 Å². The first-order chi connectivity index (χ1) is 16.4. The third-order valence-electron chi connectivity index (χ3n) is 4.43. The minimum atomic E-state index is -0.694. The van der Waals surface area contributed by atoms with Gasteiger partial charge in [-0.2, -0.15) is 0 Å². The second-order valence-corrected chi connectivity index (χ2v) is 6.96. The number of imide groups is 1. The summed E-state index contributed by atoms with van der Waals surface area (Å²) in [7, 11) is 1.52. The van der Waals surface area contributed by atoms with Crippen LogP contribution in [-0.4, -0.2) is 96.1 Å². The van der Waals surface area contributed by atoms with Crippen LogP contribution in [-0.2, 0) is 51.3 Å². The van der Waals surface area contributed by atoms with Gasteiger partial charge in [0.15, 0.2) is 0 Å². The molecule has 2 N–H and O–H groups in total. The van der Waals surface area contributed by atoms with Gasteiger partial charge in [0.2, 0.25) is 11.8 Å². The van der Waals surface area contributed by atoms with Crippen LogP contribution >= 0.6 is 0 Å². The second kappa shape index (κ2) is 14.5. The quantitative estimate of drug-likeness (QED) is 0.152. The van der Waals surface area contributed by atoms with E-state index in [0.717, 1.165) is 17.1 Å². The van der Waals surface area contributed by atoms with Crippen molar-refractivity contribution >= 4 is 29.6 Å². The van der Waals surface area contributed by atoms with Crippen molar-refractivity contribution in [3.63, 3.8) is 0 Å². The Hall–Kier alpha value is -3.65. The van der Waals surface area contributed by atoms with Gasteiger partial charge >= 0.3 is 5.97 Å². The van der Waals surface area contributed by atoms with Gasteiger partial charge in [-0.3, -0.25) is 28.9 Å². The Kier molecular flexibility index (Phi) is 11.3. The number of hydrogen-bond acceptors (Lipinski definition) is 10. The van der Waals surface area contributed by atoms with Crippen LogP contribution in [0, 0.1) is 0 Å². The lowest BCUT2D eigenvalue weighted by Gasteiger charge is -2.12. The summed E-state index contributed by atoms with van der Waals surface area (Å²) in [5.74, 6) is -2.22. The van der Waals surface area contributed by atoms with Crippen LogP contribution in [0.3, 0.4) is 0 Å². The molecule has 14 heteroatoms. The molecule has 1 aromatic heterocycles. The number of rotatable bonds is 16. The van der Waals surface area contributed by atoms with Crippen molar-refractivity contribution in [3.05, 3.63) is 24.0 Å². The van der Waals surface area contributed by atoms with Crippen molar-refractivity contribution in [1.29, 1.82) is 0 Å². The van der Waals surface area contributed by atoms with E-state index in [1.807, 2.05) is 0 Å². The monoisotopic (exact) mass is 480 g/mol. The van der Waals surface area contributed by atoms with Crippen LogP contribution in [0.2, 0.25) is 0 Å². The summed E-state index contributed by atoms with van der Waals surface area (Å²) >= 11 is 0. The standard InChI is InChI=1S/C20H28N6O8/c1-21-16(27)2-3-17(28)22-12-15-13-25(24-23-15)6-7-32-8-9-33-10-11-34-20(31)14-26-18(29)4-5-19(26)30/h4-5,13H,2-3,6-12,14H2,1H3,(H,21,27)(H,22,28). The number of nitrogens with zero attached hydrogens (tertiary/aromatic N) is 4. The molecule has 0 atom stereocenters. The van der Waals surface area contributed by atoms with Gasteiger partial charge < -0.3 is 24.8 Å². The number of ether oxygens (including phenoxy) is 3. The number of hydrogen-bond donors (Lipinski definition) is 2. The molecule has 0 aliphatic carbocycles. The van der Waals surface area contributed by atoms with E-state index in [1.54, 1.807) is 10.9 Å². The van der Waals surface area contributed by atoms with E-state index >= 15 is 0 Å². The van der Waals surface area contributed by atoms with Crippen molar-refractivity contribution in [3.8, 4) is 0 Å². The highest BCUT2D eigenvalue weighted by Crippen LogP contribution is 2.03. The van der Waals surface area contributed by atoms with Crippen molar-refractivity contribution in [2.75, 3.05) is 46.6 Å². The average molecular weight is 480 g/mol. The first-order valence-corrected chi connectivity index (χ1v) is 10.6. The summed E-state index contributed by atoms with van der Waals surface area (Å²) in [6.07, 6.45) is 4.11. The molecule has 2 heterocycles. The van der Waals surface area contributed by atoms with Gasteiger partial charge in [0.1, 0.15) is 18.8 Å². The van der Waals surface area contributed by atoms with Crippen molar-refractivity contribution < 1.29 is 38.2 Å². The minimum absolute atomic E-state index is 0.00739. The van der Waals surface area contributed by atoms with Crippen molar-refractivity contribution in [2.45, 2.75) is 25.9 Å². The summed E-state index contributed by atoms with van der Waals surface area (Å²) in [4.78, 5) is 57.9. The van der Waals surface area contributed by atoms with Crippen LogP contribution in [0.1, 0.15) is 18.5 Å². The molecule has 0 spiro atoms. The topological polar surface area (TPSA) is 171 Å². The third kappa shape index (κ3) is 9.87. The highest BCUT2D eigenvalue weighted by molar-refractivity contribution is 6.14. The molecule has 0 radical (unpaired) electrons. The molecule has 0 saturated carbocycles. The zero-order chi connectivity index (χ0) is 24.8. The molecule has 1 aromatic rings. The molecule has 0 bridgehead atoms. The molecule has 1 aliphatic heterocycles. The Morgan fingerprint density at radius 2 is 1.59 bits per heavy atom. The second-order valence-electron chi connectivity index (χ2n) is 6.96. The van der Waals surface area contributed by atoms with Crippen molar-refractivity contribution in [1.82, 2.24) is 30.5 Å². The van der Waals surface area contributed by atoms with E-state index in [-0.39, 0.29) is 51.0 Å². The molecule has 0 fully saturated rings. The zero-order valence-electron chi connectivity index (χ0n) is 18.9. The Morgan fingerprint density at radius 1 is 0.941 bits per heavy atom. The number of carbonyl (C=O) groups is 5. The van der Waals surface area contributed by atoms with Gasteiger partial charge in [0.25, 0.3) is 11.8 Å². The number of aromatic nitrogens is 3. The highest BCUT2D eigenvalue weighted by atomic mass is 16.6. The zero-order valence-corrected chi connectivity index (χ0v) is 18.9. The van der Waals surface area contributed by atoms with Crippen LogP contribution < -0.4 is 10.6 Å². The predicted octanol–water partition coefficient (Wildman–Crippen LogP) is -2.08. The third-order valence-corrected chi connectivity index (χ3v) is 4.43. The molecular weight excluding hydrogens is 452 g/mol. The van der Waals surface area contributed by atoms with Crippen LogP contribution in [0.15, 0.2) is 18.3 Å². The molecule has 0 aromatic carbocycles. The fraction of sp³-hybridized carbons (Fsp3) is 0.550. The summed E-state index contributed by atoms with van der Waals surface area (Å²) in [6, 6.07) is 0. The van der Waals surface area contributed by atoms with E-state index in [1.165, 1.54) is 7.05 Å². The largest absolute Gasteiger partial charge is 0.462 e. The normalized spacial score (nSPS) is 12.8. The van der Waals surface area contributed by atoms with Gasteiger partial charge in [-0.15, -0.1) is 5.10 Å². The van der Waals surface area contributed by atoms with Crippen molar-refractivity contribution in [2.24, 2.45) is 0 Å². The Bertz CT molecular complexity index is 881. The molecule has 34 heavy (non-hydrogen) atoms. The van der Waals surface area contributed by atoms with Gasteiger partial charge in [-0.25, -0.2) is 4.68 Å². The van der Waals surface area contributed by atoms with E-state index in [4.69, 9.17) is 14.2 Å². The fourth-order valence-electron chi connectivity index (χ4n) is 2.61. The lowest BCUT2D eigenvalue weighted by atomic mass is 10.3. The number of carbonyl (C=O) groups excluding carboxylic acids is 5. The Morgan fingerprint density at radius 3 is 2.29 bits per heavy atom. The Labute approximate surface area is 195 Å². The number of amides is 4. The van der Waals surface area contributed by atoms with Gasteiger partial charge in [-0.05, 0) is 0 Å². The molecule has 0 unspecified atom stereocenters. The summed E-state index contributed by atoms with van der Waals surface area (Å²) in [5.41, 5.74) is 0.584. The SMILES string of the molecule is CNC(=O)CCC(=O)NCc1cn(CCOCCOCCOC(=O)CN2C(=O)C=CC2=O)nn1. The summed E-state index contributed by atoms with van der Waals surface area (Å²) < 4.78 is 17.2. The molecule has 4 amide bonds. The van der Waals surface area contributed by atoms with E-state index in [2.05, 4.69) is 20.9 Å². The number of nitrogens with one attached hydrogen (secondary N) is 2. The molecular formula is C20H28N6O8. The molecule has 2 rings (SSSR count). The lowest BCUT2D eigenvalue weighted by Crippen LogP contribution is -2.36. The van der Waals surface area contributed by atoms with Gasteiger partial charge in [0.05, 0.1) is 45.7 Å². The summed E-state index contributed by atoms with van der Waals surface area (Å²) in [6.45, 7) is 1.36. The first kappa shape index (κ1) is 26.6. The Balaban J connectivity index is 1.44. The summed E-state index contributed by atoms with van der Waals surface area (Å²) in [5, 5.41) is 13.0. The van der Waals surface area contributed by atoms with Crippen LogP contribution in [0.4, 0.5) is 0 Å². The molecule has 1 aliphatic rings. The maximum Gasteiger partial charge on any atom is 0.326 e. The van der Waals surface area contributed by atoms with E-state index in [9.17, 15) is 24.0 Å². The number of esters is 1. The van der Waals surface area contributed by atoms with E-state index in [0.29, 0.717) is 25.5 Å². The van der Waals surface area contributed by atoms with Gasteiger partial charge in [-0.1, -0.05) is 5.21 Å². The molecule has 186 valence electrons. The first-order valence-electron chi connectivity index (χ1n) is 10.6. The fourth-order valence-corrected chi connectivity index (χ4v) is 2.61. The minimum Gasteiger partial charge on any atom is -0.462 e. The van der Waals surface area contributed by atoms with Crippen LogP contribution in [0.25, 0.3) is 0 Å². The smallest absolute Gasteiger partial charge is 0.326 e. The maximum absolute atomic E-state index is 11.7.